The lowest BCUT2D eigenvalue weighted by atomic mass is 9.97. The van der Waals surface area contributed by atoms with Gasteiger partial charge in [0.1, 0.15) is 0 Å². The highest BCUT2D eigenvalue weighted by atomic mass is 16.6. The van der Waals surface area contributed by atoms with Crippen LogP contribution in [0.15, 0.2) is 66.5 Å². The van der Waals surface area contributed by atoms with Gasteiger partial charge >= 0.3 is 5.82 Å². The van der Waals surface area contributed by atoms with Crippen molar-refractivity contribution in [2.45, 2.75) is 0 Å². The number of nitrogens with zero attached hydrogens (tertiary/aromatic N) is 2. The highest BCUT2D eigenvalue weighted by molar-refractivity contribution is 5.80. The van der Waals surface area contributed by atoms with E-state index in [0.717, 1.165) is 11.1 Å². The summed E-state index contributed by atoms with van der Waals surface area (Å²) in [5.74, 6) is 0.0856. The molecule has 0 heterocycles. The monoisotopic (exact) mass is 268 g/mol. The van der Waals surface area contributed by atoms with Crippen molar-refractivity contribution in [3.8, 4) is 0 Å². The third-order valence-electron chi connectivity index (χ3n) is 2.95. The minimum absolute atomic E-state index is 0.0856. The minimum Gasteiger partial charge on any atom is -0.358 e. The Labute approximate surface area is 118 Å². The van der Waals surface area contributed by atoms with Gasteiger partial charge in [-0.1, -0.05) is 60.7 Å². The normalized spacial score (nSPS) is 9.90. The molecular weight excluding hydrogens is 252 g/mol. The molecule has 0 bridgehead atoms. The summed E-state index contributed by atoms with van der Waals surface area (Å²) in [5, 5.41) is 11.4. The largest absolute Gasteiger partial charge is 0.358 e. The Morgan fingerprint density at radius 1 is 0.900 bits per heavy atom. The molecule has 0 fully saturated rings. The van der Waals surface area contributed by atoms with Crippen molar-refractivity contribution in [3.63, 3.8) is 0 Å². The standard InChI is InChI=1S/C16H16N2O2/c1-17(2)16(18(19)20)15(13-9-5-3-6-10-13)14-11-7-4-8-12-14/h3-12H,1-2H3. The van der Waals surface area contributed by atoms with Crippen LogP contribution in [0.5, 0.6) is 0 Å². The Morgan fingerprint density at radius 2 is 1.30 bits per heavy atom. The van der Waals surface area contributed by atoms with Crippen LogP contribution >= 0.6 is 0 Å². The molecule has 0 atom stereocenters. The van der Waals surface area contributed by atoms with Crippen LogP contribution in [-0.4, -0.2) is 23.9 Å². The van der Waals surface area contributed by atoms with Crippen LogP contribution < -0.4 is 0 Å². The Bertz CT molecular complexity index is 578. The quantitative estimate of drug-likeness (QED) is 0.631. The molecule has 20 heavy (non-hydrogen) atoms. The van der Waals surface area contributed by atoms with E-state index in [9.17, 15) is 10.1 Å². The number of benzene rings is 2. The summed E-state index contributed by atoms with van der Waals surface area (Å²) >= 11 is 0. The van der Waals surface area contributed by atoms with E-state index < -0.39 is 0 Å². The molecule has 0 spiro atoms. The van der Waals surface area contributed by atoms with E-state index in [2.05, 4.69) is 0 Å². The molecule has 0 aliphatic rings. The van der Waals surface area contributed by atoms with E-state index in [1.807, 2.05) is 60.7 Å². The van der Waals surface area contributed by atoms with Gasteiger partial charge < -0.3 is 10.1 Å². The summed E-state index contributed by atoms with van der Waals surface area (Å²) in [7, 11) is 3.37. The number of rotatable bonds is 4. The first-order chi connectivity index (χ1) is 9.61. The second-order valence-electron chi connectivity index (χ2n) is 4.58. The molecular formula is C16H16N2O2. The molecule has 0 radical (unpaired) electrons. The SMILES string of the molecule is CN(C)C(=C(c1ccccc1)c1ccccc1)[N+](=O)[O-]. The molecule has 0 unspecified atom stereocenters. The van der Waals surface area contributed by atoms with Crippen molar-refractivity contribution in [2.24, 2.45) is 0 Å². The molecule has 2 aromatic carbocycles. The van der Waals surface area contributed by atoms with Gasteiger partial charge in [0.15, 0.2) is 0 Å². The van der Waals surface area contributed by atoms with E-state index in [1.165, 1.54) is 4.90 Å². The van der Waals surface area contributed by atoms with Crippen LogP contribution in [0.4, 0.5) is 0 Å². The van der Waals surface area contributed by atoms with Gasteiger partial charge in [0.25, 0.3) is 0 Å². The zero-order valence-corrected chi connectivity index (χ0v) is 11.5. The molecule has 0 amide bonds. The lowest BCUT2D eigenvalue weighted by Gasteiger charge is -2.15. The van der Waals surface area contributed by atoms with Gasteiger partial charge in [0.05, 0.1) is 19.7 Å². The van der Waals surface area contributed by atoms with Gasteiger partial charge in [-0.05, 0) is 16.1 Å². The Balaban J connectivity index is 2.74. The summed E-state index contributed by atoms with van der Waals surface area (Å²) in [4.78, 5) is 12.6. The fraction of sp³-hybridized carbons (Fsp3) is 0.125. The predicted molar refractivity (Wildman–Crippen MR) is 79.6 cm³/mol. The molecule has 4 heteroatoms. The molecule has 2 rings (SSSR count). The van der Waals surface area contributed by atoms with Gasteiger partial charge in [-0.15, -0.1) is 0 Å². The first-order valence-electron chi connectivity index (χ1n) is 6.28. The van der Waals surface area contributed by atoms with Gasteiger partial charge in [-0.2, -0.15) is 0 Å². The lowest BCUT2D eigenvalue weighted by molar-refractivity contribution is -0.442. The molecule has 0 N–H and O–H groups in total. The van der Waals surface area contributed by atoms with Crippen molar-refractivity contribution in [2.75, 3.05) is 14.1 Å². The fourth-order valence-electron chi connectivity index (χ4n) is 2.11. The summed E-state index contributed by atoms with van der Waals surface area (Å²) in [6.45, 7) is 0. The van der Waals surface area contributed by atoms with Crippen molar-refractivity contribution in [1.82, 2.24) is 4.90 Å². The predicted octanol–water partition coefficient (Wildman–Crippen LogP) is 3.24. The molecule has 0 saturated carbocycles. The summed E-state index contributed by atoms with van der Waals surface area (Å²) in [6, 6.07) is 18.9. The van der Waals surface area contributed by atoms with Crippen LogP contribution in [0.3, 0.4) is 0 Å². The van der Waals surface area contributed by atoms with Gasteiger partial charge in [-0.3, -0.25) is 4.90 Å². The Kier molecular flexibility index (Phi) is 4.15. The number of hydrogen-bond donors (Lipinski definition) is 0. The van der Waals surface area contributed by atoms with Gasteiger partial charge in [-0.25, -0.2) is 0 Å². The molecule has 4 nitrogen and oxygen atoms in total. The highest BCUT2D eigenvalue weighted by Gasteiger charge is 2.22. The second-order valence-corrected chi connectivity index (χ2v) is 4.58. The van der Waals surface area contributed by atoms with Crippen LogP contribution in [0.25, 0.3) is 5.57 Å². The Morgan fingerprint density at radius 3 is 1.60 bits per heavy atom. The second kappa shape index (κ2) is 6.02. The number of hydrogen-bond acceptors (Lipinski definition) is 3. The average molecular weight is 268 g/mol. The van der Waals surface area contributed by atoms with Crippen molar-refractivity contribution in [1.29, 1.82) is 0 Å². The van der Waals surface area contributed by atoms with Crippen LogP contribution in [0.2, 0.25) is 0 Å². The van der Waals surface area contributed by atoms with Crippen LogP contribution in [-0.2, 0) is 0 Å². The van der Waals surface area contributed by atoms with Gasteiger partial charge in [0.2, 0.25) is 0 Å². The van der Waals surface area contributed by atoms with Crippen molar-refractivity contribution < 1.29 is 4.92 Å². The van der Waals surface area contributed by atoms with E-state index in [1.54, 1.807) is 14.1 Å². The topological polar surface area (TPSA) is 46.4 Å². The minimum atomic E-state index is -0.338. The first-order valence-corrected chi connectivity index (χ1v) is 6.28. The smallest absolute Gasteiger partial charge is 0.326 e. The maximum absolute atomic E-state index is 11.4. The van der Waals surface area contributed by atoms with Crippen LogP contribution in [0.1, 0.15) is 11.1 Å². The molecule has 0 aliphatic heterocycles. The summed E-state index contributed by atoms with van der Waals surface area (Å²) in [5.41, 5.74) is 2.29. The summed E-state index contributed by atoms with van der Waals surface area (Å²) < 4.78 is 0. The molecule has 0 saturated heterocycles. The van der Waals surface area contributed by atoms with E-state index >= 15 is 0 Å². The maximum Gasteiger partial charge on any atom is 0.326 e. The molecule has 0 aromatic heterocycles. The highest BCUT2D eigenvalue weighted by Crippen LogP contribution is 2.27. The first kappa shape index (κ1) is 13.8. The van der Waals surface area contributed by atoms with Gasteiger partial charge in [0, 0.05) is 0 Å². The third-order valence-corrected chi connectivity index (χ3v) is 2.95. The lowest BCUT2D eigenvalue weighted by Crippen LogP contribution is -2.20. The zero-order valence-electron chi connectivity index (χ0n) is 11.5. The maximum atomic E-state index is 11.4. The zero-order chi connectivity index (χ0) is 14.5. The van der Waals surface area contributed by atoms with Crippen LogP contribution in [0, 0.1) is 10.1 Å². The Hall–Kier alpha value is -2.62. The van der Waals surface area contributed by atoms with Crippen molar-refractivity contribution >= 4 is 5.57 Å². The van der Waals surface area contributed by atoms with E-state index in [4.69, 9.17) is 0 Å². The third kappa shape index (κ3) is 2.85. The molecule has 0 aliphatic carbocycles. The molecule has 2 aromatic rings. The fourth-order valence-corrected chi connectivity index (χ4v) is 2.11. The number of nitro groups is 1. The van der Waals surface area contributed by atoms with E-state index in [0.29, 0.717) is 5.57 Å². The van der Waals surface area contributed by atoms with Crippen molar-refractivity contribution in [3.05, 3.63) is 87.7 Å². The van der Waals surface area contributed by atoms with E-state index in [-0.39, 0.29) is 10.7 Å². The average Bonchev–Trinajstić information content (AvgIpc) is 2.45. The summed E-state index contributed by atoms with van der Waals surface area (Å²) in [6.07, 6.45) is 0. The molecule has 102 valence electrons.